The Bertz CT molecular complexity index is 794. The molecule has 0 saturated heterocycles. The molecule has 2 aromatic rings. The molecule has 0 aliphatic rings. The van der Waals surface area contributed by atoms with Crippen LogP contribution in [0, 0.1) is 0 Å². The minimum atomic E-state index is -4.51. The first-order valence-corrected chi connectivity index (χ1v) is 8.00. The SMILES string of the molecule is COc1ccc(CCC(=O)Nc2cc(C(F)(F)F)ccc2Cl)cc1OC. The summed E-state index contributed by atoms with van der Waals surface area (Å²) in [6, 6.07) is 8.03. The van der Waals surface area contributed by atoms with Crippen molar-refractivity contribution in [2.45, 2.75) is 19.0 Å². The van der Waals surface area contributed by atoms with Crippen molar-refractivity contribution in [2.75, 3.05) is 19.5 Å². The molecule has 26 heavy (non-hydrogen) atoms. The van der Waals surface area contributed by atoms with Gasteiger partial charge in [-0.15, -0.1) is 0 Å². The third-order valence-corrected chi connectivity index (χ3v) is 3.99. The van der Waals surface area contributed by atoms with Crippen molar-refractivity contribution >= 4 is 23.2 Å². The van der Waals surface area contributed by atoms with Crippen molar-refractivity contribution < 1.29 is 27.4 Å². The van der Waals surface area contributed by atoms with Gasteiger partial charge >= 0.3 is 6.18 Å². The average Bonchev–Trinajstić information content (AvgIpc) is 2.60. The fourth-order valence-electron chi connectivity index (χ4n) is 2.30. The Morgan fingerprint density at radius 3 is 2.38 bits per heavy atom. The molecule has 140 valence electrons. The molecule has 0 spiro atoms. The predicted molar refractivity (Wildman–Crippen MR) is 93.0 cm³/mol. The first-order chi connectivity index (χ1) is 12.2. The number of anilines is 1. The van der Waals surface area contributed by atoms with E-state index in [1.165, 1.54) is 14.2 Å². The summed E-state index contributed by atoms with van der Waals surface area (Å²) in [5.74, 6) is 0.656. The second-order valence-electron chi connectivity index (χ2n) is 5.43. The lowest BCUT2D eigenvalue weighted by Crippen LogP contribution is -2.14. The molecule has 0 saturated carbocycles. The van der Waals surface area contributed by atoms with Gasteiger partial charge in [-0.3, -0.25) is 4.79 Å². The van der Waals surface area contributed by atoms with Gasteiger partial charge in [-0.1, -0.05) is 17.7 Å². The zero-order valence-corrected chi connectivity index (χ0v) is 14.9. The number of hydrogen-bond donors (Lipinski definition) is 1. The van der Waals surface area contributed by atoms with Crippen LogP contribution in [0.1, 0.15) is 17.5 Å². The molecule has 0 atom stereocenters. The van der Waals surface area contributed by atoms with Crippen LogP contribution in [0.3, 0.4) is 0 Å². The molecule has 2 rings (SSSR count). The number of carbonyl (C=O) groups excluding carboxylic acids is 1. The molecule has 2 aromatic carbocycles. The third-order valence-electron chi connectivity index (χ3n) is 3.66. The number of carbonyl (C=O) groups is 1. The van der Waals surface area contributed by atoms with Crippen LogP contribution in [-0.4, -0.2) is 20.1 Å². The Kier molecular flexibility index (Phi) is 6.37. The van der Waals surface area contributed by atoms with Crippen LogP contribution in [0.2, 0.25) is 5.02 Å². The van der Waals surface area contributed by atoms with E-state index in [1.807, 2.05) is 0 Å². The van der Waals surface area contributed by atoms with Crippen LogP contribution in [0.15, 0.2) is 36.4 Å². The number of rotatable bonds is 6. The molecule has 1 amide bonds. The van der Waals surface area contributed by atoms with Crippen LogP contribution in [0.5, 0.6) is 11.5 Å². The van der Waals surface area contributed by atoms with Gasteiger partial charge in [-0.05, 0) is 42.3 Å². The first-order valence-electron chi connectivity index (χ1n) is 7.62. The maximum absolute atomic E-state index is 12.8. The fraction of sp³-hybridized carbons (Fsp3) is 0.278. The molecule has 0 fully saturated rings. The molecule has 0 unspecified atom stereocenters. The Hall–Kier alpha value is -2.41. The topological polar surface area (TPSA) is 47.6 Å². The van der Waals surface area contributed by atoms with Gasteiger partial charge in [0.15, 0.2) is 11.5 Å². The number of benzene rings is 2. The van der Waals surface area contributed by atoms with E-state index in [0.717, 1.165) is 23.8 Å². The minimum absolute atomic E-state index is 0.0393. The van der Waals surface area contributed by atoms with Gasteiger partial charge in [0.25, 0.3) is 0 Å². The Morgan fingerprint density at radius 2 is 1.77 bits per heavy atom. The molecule has 0 bridgehead atoms. The predicted octanol–water partition coefficient (Wildman–Crippen LogP) is 4.95. The highest BCUT2D eigenvalue weighted by Gasteiger charge is 2.31. The largest absolute Gasteiger partial charge is 0.493 e. The number of hydrogen-bond acceptors (Lipinski definition) is 3. The summed E-state index contributed by atoms with van der Waals surface area (Å²) < 4.78 is 48.6. The second-order valence-corrected chi connectivity index (χ2v) is 5.84. The summed E-state index contributed by atoms with van der Waals surface area (Å²) in [6.07, 6.45) is -4.06. The van der Waals surface area contributed by atoms with Crippen molar-refractivity contribution in [3.8, 4) is 11.5 Å². The zero-order valence-electron chi connectivity index (χ0n) is 14.1. The van der Waals surface area contributed by atoms with E-state index in [1.54, 1.807) is 18.2 Å². The molecular weight excluding hydrogens is 371 g/mol. The van der Waals surface area contributed by atoms with Crippen molar-refractivity contribution in [1.29, 1.82) is 0 Å². The van der Waals surface area contributed by atoms with Gasteiger partial charge in [0.05, 0.1) is 30.5 Å². The van der Waals surface area contributed by atoms with Gasteiger partial charge in [0.1, 0.15) is 0 Å². The van der Waals surface area contributed by atoms with Crippen molar-refractivity contribution in [3.05, 3.63) is 52.5 Å². The number of ether oxygens (including phenoxy) is 2. The number of amides is 1. The van der Waals surface area contributed by atoms with E-state index in [0.29, 0.717) is 17.9 Å². The maximum Gasteiger partial charge on any atom is 0.416 e. The quantitative estimate of drug-likeness (QED) is 0.763. The standard InChI is InChI=1S/C18H17ClF3NO3/c1-25-15-7-3-11(9-16(15)26-2)4-8-17(24)23-14-10-12(18(20,21)22)5-6-13(14)19/h3,5-7,9-10H,4,8H2,1-2H3,(H,23,24). The number of methoxy groups -OCH3 is 2. The lowest BCUT2D eigenvalue weighted by atomic mass is 10.1. The summed E-state index contributed by atoms with van der Waals surface area (Å²) >= 11 is 5.87. The van der Waals surface area contributed by atoms with Crippen LogP contribution >= 0.6 is 11.6 Å². The summed E-state index contributed by atoms with van der Waals surface area (Å²) in [6.45, 7) is 0. The first kappa shape index (κ1) is 19.9. The number of nitrogens with one attached hydrogen (secondary N) is 1. The molecule has 4 nitrogen and oxygen atoms in total. The molecule has 0 heterocycles. The Labute approximate surface area is 153 Å². The molecular formula is C18H17ClF3NO3. The normalized spacial score (nSPS) is 11.2. The van der Waals surface area contributed by atoms with Gasteiger partial charge < -0.3 is 14.8 Å². The summed E-state index contributed by atoms with van der Waals surface area (Å²) in [5.41, 5.74) is -0.121. The van der Waals surface area contributed by atoms with E-state index in [4.69, 9.17) is 21.1 Å². The summed E-state index contributed by atoms with van der Waals surface area (Å²) in [7, 11) is 3.02. The maximum atomic E-state index is 12.8. The zero-order chi connectivity index (χ0) is 19.3. The highest BCUT2D eigenvalue weighted by molar-refractivity contribution is 6.33. The number of aryl methyl sites for hydroxylation is 1. The monoisotopic (exact) mass is 387 g/mol. The number of alkyl halides is 3. The van der Waals surface area contributed by atoms with Crippen molar-refractivity contribution in [1.82, 2.24) is 0 Å². The van der Waals surface area contributed by atoms with Crippen LogP contribution < -0.4 is 14.8 Å². The Balaban J connectivity index is 2.03. The minimum Gasteiger partial charge on any atom is -0.493 e. The Morgan fingerprint density at radius 1 is 1.08 bits per heavy atom. The lowest BCUT2D eigenvalue weighted by molar-refractivity contribution is -0.137. The molecule has 1 N–H and O–H groups in total. The van der Waals surface area contributed by atoms with E-state index < -0.39 is 17.6 Å². The summed E-state index contributed by atoms with van der Waals surface area (Å²) in [4.78, 5) is 12.1. The molecule has 0 aliphatic heterocycles. The third kappa shape index (κ3) is 5.05. The van der Waals surface area contributed by atoms with Gasteiger partial charge in [0, 0.05) is 6.42 Å². The molecule has 0 radical (unpaired) electrons. The highest BCUT2D eigenvalue weighted by Crippen LogP contribution is 2.34. The van der Waals surface area contributed by atoms with E-state index in [-0.39, 0.29) is 17.1 Å². The molecule has 8 heteroatoms. The van der Waals surface area contributed by atoms with Crippen LogP contribution in [-0.2, 0) is 17.4 Å². The second kappa shape index (κ2) is 8.31. The van der Waals surface area contributed by atoms with E-state index >= 15 is 0 Å². The van der Waals surface area contributed by atoms with Gasteiger partial charge in [-0.25, -0.2) is 0 Å². The van der Waals surface area contributed by atoms with E-state index in [2.05, 4.69) is 5.32 Å². The van der Waals surface area contributed by atoms with Gasteiger partial charge in [0.2, 0.25) is 5.91 Å². The highest BCUT2D eigenvalue weighted by atomic mass is 35.5. The lowest BCUT2D eigenvalue weighted by Gasteiger charge is -2.12. The van der Waals surface area contributed by atoms with Crippen molar-refractivity contribution in [3.63, 3.8) is 0 Å². The number of halogens is 4. The van der Waals surface area contributed by atoms with Crippen LogP contribution in [0.4, 0.5) is 18.9 Å². The van der Waals surface area contributed by atoms with Gasteiger partial charge in [-0.2, -0.15) is 13.2 Å². The van der Waals surface area contributed by atoms with Crippen molar-refractivity contribution in [2.24, 2.45) is 0 Å². The molecule has 0 aliphatic carbocycles. The summed E-state index contributed by atoms with van der Waals surface area (Å²) in [5, 5.41) is 2.46. The fourth-order valence-corrected chi connectivity index (χ4v) is 2.47. The van der Waals surface area contributed by atoms with E-state index in [9.17, 15) is 18.0 Å². The average molecular weight is 388 g/mol. The molecule has 0 aromatic heterocycles. The van der Waals surface area contributed by atoms with Crippen LogP contribution in [0.25, 0.3) is 0 Å². The smallest absolute Gasteiger partial charge is 0.416 e.